The molecule has 30 heavy (non-hydrogen) atoms. The van der Waals surface area contributed by atoms with Crippen LogP contribution in [0.2, 0.25) is 0 Å². The first-order valence-electron chi connectivity index (χ1n) is 10.0. The Morgan fingerprint density at radius 3 is 2.60 bits per heavy atom. The SMILES string of the molecule is O=C(Nc1ccc2ccccc2c1)[C@H]1CCCCN1C1=NS(=O)(=O)c2ccccc21. The maximum absolute atomic E-state index is 13.2. The smallest absolute Gasteiger partial charge is 0.285 e. The van der Waals surface area contributed by atoms with Gasteiger partial charge in [-0.05, 0) is 54.3 Å². The molecule has 0 unspecified atom stereocenters. The molecule has 1 fully saturated rings. The van der Waals surface area contributed by atoms with E-state index in [4.69, 9.17) is 0 Å². The van der Waals surface area contributed by atoms with Crippen molar-refractivity contribution in [3.05, 3.63) is 72.3 Å². The van der Waals surface area contributed by atoms with E-state index in [1.165, 1.54) is 0 Å². The average molecular weight is 420 g/mol. The van der Waals surface area contributed by atoms with Crippen LogP contribution in [0.4, 0.5) is 5.69 Å². The lowest BCUT2D eigenvalue weighted by atomic mass is 9.99. The second-order valence-corrected chi connectivity index (χ2v) is 9.21. The van der Waals surface area contributed by atoms with Crippen molar-refractivity contribution in [3.63, 3.8) is 0 Å². The Hall–Kier alpha value is -3.19. The number of carbonyl (C=O) groups is 1. The molecule has 2 aliphatic rings. The van der Waals surface area contributed by atoms with Gasteiger partial charge in [0.1, 0.15) is 10.9 Å². The number of nitrogens with zero attached hydrogens (tertiary/aromatic N) is 2. The monoisotopic (exact) mass is 419 g/mol. The summed E-state index contributed by atoms with van der Waals surface area (Å²) >= 11 is 0. The number of benzene rings is 3. The van der Waals surface area contributed by atoms with Crippen molar-refractivity contribution in [2.75, 3.05) is 11.9 Å². The van der Waals surface area contributed by atoms with E-state index in [0.717, 1.165) is 29.3 Å². The van der Waals surface area contributed by atoms with Crippen LogP contribution in [0.1, 0.15) is 24.8 Å². The molecule has 2 aliphatic heterocycles. The highest BCUT2D eigenvalue weighted by Gasteiger charge is 2.37. The number of anilines is 1. The van der Waals surface area contributed by atoms with E-state index in [2.05, 4.69) is 9.71 Å². The van der Waals surface area contributed by atoms with Gasteiger partial charge in [0.2, 0.25) is 5.91 Å². The van der Waals surface area contributed by atoms with E-state index >= 15 is 0 Å². The van der Waals surface area contributed by atoms with E-state index in [9.17, 15) is 13.2 Å². The van der Waals surface area contributed by atoms with Crippen molar-refractivity contribution < 1.29 is 13.2 Å². The maximum atomic E-state index is 13.2. The fraction of sp³-hybridized carbons (Fsp3) is 0.217. The van der Waals surface area contributed by atoms with Gasteiger partial charge in [-0.2, -0.15) is 8.42 Å². The molecule has 0 aromatic heterocycles. The molecule has 1 atom stereocenters. The highest BCUT2D eigenvalue weighted by molar-refractivity contribution is 7.90. The highest BCUT2D eigenvalue weighted by Crippen LogP contribution is 2.31. The predicted molar refractivity (Wildman–Crippen MR) is 117 cm³/mol. The number of sulfonamides is 1. The van der Waals surface area contributed by atoms with E-state index in [1.54, 1.807) is 24.3 Å². The van der Waals surface area contributed by atoms with Gasteiger partial charge in [0.25, 0.3) is 10.0 Å². The molecular weight excluding hydrogens is 398 g/mol. The molecule has 5 rings (SSSR count). The molecule has 6 nitrogen and oxygen atoms in total. The number of amidine groups is 1. The Morgan fingerprint density at radius 1 is 0.967 bits per heavy atom. The molecule has 0 aliphatic carbocycles. The third-order valence-electron chi connectivity index (χ3n) is 5.71. The summed E-state index contributed by atoms with van der Waals surface area (Å²) in [4.78, 5) is 15.2. The third kappa shape index (κ3) is 3.25. The van der Waals surface area contributed by atoms with Crippen LogP contribution in [0.25, 0.3) is 10.8 Å². The number of carbonyl (C=O) groups excluding carboxylic acids is 1. The Bertz CT molecular complexity index is 1280. The lowest BCUT2D eigenvalue weighted by molar-refractivity contribution is -0.120. The minimum atomic E-state index is -3.72. The molecule has 0 saturated carbocycles. The quantitative estimate of drug-likeness (QED) is 0.686. The minimum absolute atomic E-state index is 0.144. The zero-order chi connectivity index (χ0) is 20.7. The number of piperidine rings is 1. The first-order valence-corrected chi connectivity index (χ1v) is 11.5. The second-order valence-electron chi connectivity index (χ2n) is 7.64. The Morgan fingerprint density at radius 2 is 1.73 bits per heavy atom. The van der Waals surface area contributed by atoms with Gasteiger partial charge < -0.3 is 10.2 Å². The van der Waals surface area contributed by atoms with Crippen molar-refractivity contribution in [2.45, 2.75) is 30.2 Å². The van der Waals surface area contributed by atoms with Gasteiger partial charge >= 0.3 is 0 Å². The topological polar surface area (TPSA) is 78.8 Å². The predicted octanol–water partition coefficient (Wildman–Crippen LogP) is 3.78. The normalized spacial score (nSPS) is 19.9. The average Bonchev–Trinajstić information content (AvgIpc) is 3.05. The van der Waals surface area contributed by atoms with Gasteiger partial charge in [-0.15, -0.1) is 4.40 Å². The minimum Gasteiger partial charge on any atom is -0.343 e. The molecule has 3 aromatic rings. The summed E-state index contributed by atoms with van der Waals surface area (Å²) in [6.07, 6.45) is 2.45. The maximum Gasteiger partial charge on any atom is 0.285 e. The van der Waals surface area contributed by atoms with Gasteiger partial charge in [0, 0.05) is 17.8 Å². The summed E-state index contributed by atoms with van der Waals surface area (Å²) in [7, 11) is -3.72. The third-order valence-corrected chi connectivity index (χ3v) is 7.03. The van der Waals surface area contributed by atoms with Crippen LogP contribution < -0.4 is 5.32 Å². The molecule has 7 heteroatoms. The van der Waals surface area contributed by atoms with Crippen LogP contribution in [0.3, 0.4) is 0 Å². The molecule has 3 aromatic carbocycles. The van der Waals surface area contributed by atoms with Crippen LogP contribution >= 0.6 is 0 Å². The van der Waals surface area contributed by atoms with Crippen molar-refractivity contribution >= 4 is 38.2 Å². The summed E-state index contributed by atoms with van der Waals surface area (Å²) in [5.41, 5.74) is 1.30. The van der Waals surface area contributed by atoms with Gasteiger partial charge in [0.05, 0.1) is 0 Å². The van der Waals surface area contributed by atoms with Crippen molar-refractivity contribution in [2.24, 2.45) is 4.40 Å². The first-order chi connectivity index (χ1) is 14.5. The molecule has 152 valence electrons. The number of likely N-dealkylation sites (tertiary alicyclic amines) is 1. The van der Waals surface area contributed by atoms with Gasteiger partial charge in [-0.1, -0.05) is 42.5 Å². The summed E-state index contributed by atoms with van der Waals surface area (Å²) in [5, 5.41) is 5.18. The van der Waals surface area contributed by atoms with Gasteiger partial charge in [-0.3, -0.25) is 4.79 Å². The van der Waals surface area contributed by atoms with Crippen molar-refractivity contribution in [3.8, 4) is 0 Å². The first kappa shape index (κ1) is 18.8. The largest absolute Gasteiger partial charge is 0.343 e. The second kappa shape index (κ2) is 7.25. The fourth-order valence-corrected chi connectivity index (χ4v) is 5.46. The summed E-state index contributed by atoms with van der Waals surface area (Å²) in [5.74, 6) is 0.235. The molecule has 1 amide bonds. The van der Waals surface area contributed by atoms with Gasteiger partial charge in [0.15, 0.2) is 5.84 Å². The van der Waals surface area contributed by atoms with Crippen LogP contribution in [0, 0.1) is 0 Å². The van der Waals surface area contributed by atoms with Crippen LogP contribution in [0.15, 0.2) is 76.0 Å². The molecule has 0 bridgehead atoms. The van der Waals surface area contributed by atoms with E-state index < -0.39 is 16.1 Å². The Balaban J connectivity index is 1.45. The lowest BCUT2D eigenvalue weighted by Crippen LogP contribution is -2.50. The van der Waals surface area contributed by atoms with Gasteiger partial charge in [-0.25, -0.2) is 0 Å². The molecule has 1 N–H and O–H groups in total. The summed E-state index contributed by atoms with van der Waals surface area (Å²) in [6.45, 7) is 0.596. The van der Waals surface area contributed by atoms with Crippen molar-refractivity contribution in [1.82, 2.24) is 4.90 Å². The highest BCUT2D eigenvalue weighted by atomic mass is 32.2. The summed E-state index contributed by atoms with van der Waals surface area (Å²) in [6, 6.07) is 20.1. The molecule has 0 spiro atoms. The van der Waals surface area contributed by atoms with E-state index in [1.807, 2.05) is 47.4 Å². The molecular formula is C23H21N3O3S. The zero-order valence-corrected chi connectivity index (χ0v) is 17.1. The van der Waals surface area contributed by atoms with Crippen LogP contribution in [-0.2, 0) is 14.8 Å². The fourth-order valence-electron chi connectivity index (χ4n) is 4.25. The number of hydrogen-bond acceptors (Lipinski definition) is 4. The molecule has 2 heterocycles. The standard InChI is InChI=1S/C23H21N3O3S/c27-23(24-18-13-12-16-7-1-2-8-17(16)15-18)20-10-5-6-14-26(20)22-19-9-3-4-11-21(19)30(28,29)25-22/h1-4,7-9,11-13,15,20H,5-6,10,14H2,(H,24,27)/t20-/m1/s1. The lowest BCUT2D eigenvalue weighted by Gasteiger charge is -2.36. The zero-order valence-electron chi connectivity index (χ0n) is 16.3. The van der Waals surface area contributed by atoms with E-state index in [0.29, 0.717) is 24.4 Å². The summed E-state index contributed by atoms with van der Waals surface area (Å²) < 4.78 is 29.0. The number of rotatable bonds is 2. The number of nitrogens with one attached hydrogen (secondary N) is 1. The number of fused-ring (bicyclic) bond motifs is 2. The number of hydrogen-bond donors (Lipinski definition) is 1. The number of amides is 1. The molecule has 1 saturated heterocycles. The van der Waals surface area contributed by atoms with Crippen LogP contribution in [0.5, 0.6) is 0 Å². The van der Waals surface area contributed by atoms with E-state index in [-0.39, 0.29) is 10.8 Å². The molecule has 0 radical (unpaired) electrons. The van der Waals surface area contributed by atoms with Crippen molar-refractivity contribution in [1.29, 1.82) is 0 Å². The Kier molecular flexibility index (Phi) is 4.55. The van der Waals surface area contributed by atoms with Crippen LogP contribution in [-0.4, -0.2) is 37.6 Å². The Labute approximate surface area is 175 Å².